The van der Waals surface area contributed by atoms with E-state index in [0.29, 0.717) is 12.8 Å². The van der Waals surface area contributed by atoms with Gasteiger partial charge in [-0.25, -0.2) is 0 Å². The van der Waals surface area contributed by atoms with E-state index < -0.39 is 18.2 Å². The number of rotatable bonds is 41. The molecule has 1 amide bonds. The van der Waals surface area contributed by atoms with E-state index >= 15 is 0 Å². The molecule has 0 saturated carbocycles. The molecular weight excluding hydrogens is 606 g/mol. The first-order valence-electron chi connectivity index (χ1n) is 22.3. The van der Waals surface area contributed by atoms with Crippen molar-refractivity contribution in [3.05, 3.63) is 0 Å². The van der Waals surface area contributed by atoms with Crippen molar-refractivity contribution in [1.29, 1.82) is 0 Å². The van der Waals surface area contributed by atoms with Gasteiger partial charge in [0.25, 0.3) is 0 Å². The second kappa shape index (κ2) is 40.1. The fourth-order valence-corrected chi connectivity index (χ4v) is 7.22. The Labute approximate surface area is 307 Å². The lowest BCUT2D eigenvalue weighted by Gasteiger charge is -2.26. The maximum atomic E-state index is 12.4. The number of amides is 1. The average molecular weight is 696 g/mol. The molecule has 5 nitrogen and oxygen atoms in total. The molecule has 0 saturated heterocycles. The Morgan fingerprint density at radius 2 is 0.694 bits per heavy atom. The monoisotopic (exact) mass is 696 g/mol. The minimum absolute atomic E-state index is 0.140. The topological polar surface area (TPSA) is 89.8 Å². The van der Waals surface area contributed by atoms with Gasteiger partial charge in [-0.05, 0) is 12.8 Å². The molecule has 294 valence electrons. The maximum Gasteiger partial charge on any atom is 0.220 e. The van der Waals surface area contributed by atoms with Gasteiger partial charge in [0.15, 0.2) is 0 Å². The minimum Gasteiger partial charge on any atom is -0.394 e. The summed E-state index contributed by atoms with van der Waals surface area (Å²) in [6, 6.07) is -0.802. The fraction of sp³-hybridized carbons (Fsp3) is 0.977. The summed E-state index contributed by atoms with van der Waals surface area (Å²) < 4.78 is 0. The van der Waals surface area contributed by atoms with Gasteiger partial charge in [-0.3, -0.25) is 4.79 Å². The molecule has 0 aromatic rings. The first kappa shape index (κ1) is 48.3. The van der Waals surface area contributed by atoms with Crippen LogP contribution in [0.2, 0.25) is 0 Å². The van der Waals surface area contributed by atoms with Crippen LogP contribution in [-0.4, -0.2) is 46.1 Å². The maximum absolute atomic E-state index is 12.4. The smallest absolute Gasteiger partial charge is 0.220 e. The molecule has 49 heavy (non-hydrogen) atoms. The van der Waals surface area contributed by atoms with E-state index in [1.165, 1.54) is 193 Å². The summed E-state index contributed by atoms with van der Waals surface area (Å²) in [5.41, 5.74) is 0. The van der Waals surface area contributed by atoms with Crippen LogP contribution < -0.4 is 5.32 Å². The van der Waals surface area contributed by atoms with Crippen LogP contribution in [0.4, 0.5) is 0 Å². The fourth-order valence-electron chi connectivity index (χ4n) is 7.22. The Bertz CT molecular complexity index is 644. The van der Waals surface area contributed by atoms with E-state index in [9.17, 15) is 20.1 Å². The minimum atomic E-state index is -1.13. The Morgan fingerprint density at radius 1 is 0.429 bits per heavy atom. The highest BCUT2D eigenvalue weighted by molar-refractivity contribution is 5.76. The first-order chi connectivity index (χ1) is 24.1. The van der Waals surface area contributed by atoms with Gasteiger partial charge in [0.2, 0.25) is 5.91 Å². The van der Waals surface area contributed by atoms with E-state index in [0.717, 1.165) is 32.1 Å². The van der Waals surface area contributed by atoms with Crippen LogP contribution in [0.15, 0.2) is 0 Å². The summed E-state index contributed by atoms with van der Waals surface area (Å²) in [5.74, 6) is -0.140. The third-order valence-corrected chi connectivity index (χ3v) is 10.7. The highest BCUT2D eigenvalue weighted by atomic mass is 16.3. The Morgan fingerprint density at radius 3 is 0.980 bits per heavy atom. The van der Waals surface area contributed by atoms with Crippen LogP contribution in [0.25, 0.3) is 0 Å². The number of hydrogen-bond acceptors (Lipinski definition) is 4. The van der Waals surface area contributed by atoms with Gasteiger partial charge < -0.3 is 20.6 Å². The number of carbonyl (C=O) groups excluding carboxylic acids is 1. The lowest BCUT2D eigenvalue weighted by Crippen LogP contribution is -2.50. The second-order valence-electron chi connectivity index (χ2n) is 15.6. The van der Waals surface area contributed by atoms with Crippen molar-refractivity contribution in [1.82, 2.24) is 5.32 Å². The van der Waals surface area contributed by atoms with E-state index in [-0.39, 0.29) is 12.5 Å². The average Bonchev–Trinajstić information content (AvgIpc) is 3.10. The molecule has 0 aromatic carbocycles. The SMILES string of the molecule is CCCCCCCCCCCCCCCCCCCCCCCCCC(=O)NC(CO)C(O)C(O)CCCCCCCCCCCCCC. The molecule has 0 aromatic heterocycles. The standard InChI is InChI=1S/C44H89NO4/c1-3-5-7-9-11-13-15-17-18-19-20-21-22-23-24-25-26-27-29-31-33-35-37-39-43(48)45-41(40-46)44(49)42(47)38-36-34-32-30-28-16-14-12-10-8-6-4-2/h41-42,44,46-47,49H,3-40H2,1-2H3,(H,45,48). The normalized spacial score (nSPS) is 13.5. The largest absolute Gasteiger partial charge is 0.394 e. The highest BCUT2D eigenvalue weighted by Gasteiger charge is 2.26. The molecule has 3 atom stereocenters. The Hall–Kier alpha value is -0.650. The van der Waals surface area contributed by atoms with Crippen molar-refractivity contribution in [2.45, 2.75) is 270 Å². The van der Waals surface area contributed by atoms with Gasteiger partial charge in [0.05, 0.1) is 18.8 Å². The summed E-state index contributed by atoms with van der Waals surface area (Å²) in [5, 5.41) is 33.5. The van der Waals surface area contributed by atoms with Crippen LogP contribution in [0.1, 0.15) is 251 Å². The molecule has 0 aliphatic heterocycles. The van der Waals surface area contributed by atoms with E-state index in [4.69, 9.17) is 0 Å². The molecular formula is C44H89NO4. The number of nitrogens with one attached hydrogen (secondary N) is 1. The number of aliphatic hydroxyl groups excluding tert-OH is 3. The summed E-state index contributed by atoms with van der Waals surface area (Å²) in [6.07, 6.45) is 45.0. The van der Waals surface area contributed by atoms with Crippen molar-refractivity contribution >= 4 is 5.91 Å². The number of carbonyl (C=O) groups is 1. The van der Waals surface area contributed by atoms with E-state index in [1.807, 2.05) is 0 Å². The zero-order valence-corrected chi connectivity index (χ0v) is 33.4. The quantitative estimate of drug-likeness (QED) is 0.0479. The molecule has 0 aliphatic rings. The molecule has 5 heteroatoms. The summed E-state index contributed by atoms with van der Waals surface area (Å²) in [7, 11) is 0. The summed E-state index contributed by atoms with van der Waals surface area (Å²) in [4.78, 5) is 12.4. The van der Waals surface area contributed by atoms with Gasteiger partial charge >= 0.3 is 0 Å². The lowest BCUT2D eigenvalue weighted by atomic mass is 9.99. The summed E-state index contributed by atoms with van der Waals surface area (Å²) >= 11 is 0. The van der Waals surface area contributed by atoms with Crippen LogP contribution in [0.3, 0.4) is 0 Å². The molecule has 0 rings (SSSR count). The predicted molar refractivity (Wildman–Crippen MR) is 213 cm³/mol. The number of aliphatic hydroxyl groups is 3. The Kier molecular flexibility index (Phi) is 39.6. The first-order valence-corrected chi connectivity index (χ1v) is 22.3. The van der Waals surface area contributed by atoms with Crippen molar-refractivity contribution in [3.8, 4) is 0 Å². The van der Waals surface area contributed by atoms with Gasteiger partial charge in [0.1, 0.15) is 6.10 Å². The van der Waals surface area contributed by atoms with Crippen molar-refractivity contribution in [3.63, 3.8) is 0 Å². The predicted octanol–water partition coefficient (Wildman–Crippen LogP) is 12.7. The van der Waals surface area contributed by atoms with Gasteiger partial charge in [-0.15, -0.1) is 0 Å². The number of hydrogen-bond donors (Lipinski definition) is 4. The lowest BCUT2D eigenvalue weighted by molar-refractivity contribution is -0.124. The molecule has 3 unspecified atom stereocenters. The van der Waals surface area contributed by atoms with Crippen molar-refractivity contribution in [2.75, 3.05) is 6.61 Å². The van der Waals surface area contributed by atoms with E-state index in [1.54, 1.807) is 0 Å². The third-order valence-electron chi connectivity index (χ3n) is 10.7. The third kappa shape index (κ3) is 35.5. The molecule has 0 spiro atoms. The zero-order valence-electron chi connectivity index (χ0n) is 33.4. The van der Waals surface area contributed by atoms with Crippen LogP contribution in [0, 0.1) is 0 Å². The van der Waals surface area contributed by atoms with Crippen molar-refractivity contribution < 1.29 is 20.1 Å². The van der Waals surface area contributed by atoms with Gasteiger partial charge in [-0.1, -0.05) is 232 Å². The van der Waals surface area contributed by atoms with Crippen LogP contribution >= 0.6 is 0 Å². The number of unbranched alkanes of at least 4 members (excludes halogenated alkanes) is 33. The molecule has 0 fully saturated rings. The van der Waals surface area contributed by atoms with Crippen molar-refractivity contribution in [2.24, 2.45) is 0 Å². The van der Waals surface area contributed by atoms with Crippen LogP contribution in [-0.2, 0) is 4.79 Å². The van der Waals surface area contributed by atoms with E-state index in [2.05, 4.69) is 19.2 Å². The second-order valence-corrected chi connectivity index (χ2v) is 15.6. The van der Waals surface area contributed by atoms with Crippen LogP contribution in [0.5, 0.6) is 0 Å². The molecule has 0 aliphatic carbocycles. The molecule has 0 bridgehead atoms. The molecule has 0 radical (unpaired) electrons. The van der Waals surface area contributed by atoms with Gasteiger partial charge in [-0.2, -0.15) is 0 Å². The Balaban J connectivity index is 3.53. The molecule has 4 N–H and O–H groups in total. The highest BCUT2D eigenvalue weighted by Crippen LogP contribution is 2.17. The van der Waals surface area contributed by atoms with Gasteiger partial charge in [0, 0.05) is 6.42 Å². The zero-order chi connectivity index (χ0) is 35.9. The summed E-state index contributed by atoms with van der Waals surface area (Å²) in [6.45, 7) is 4.19. The molecule has 0 heterocycles.